The van der Waals surface area contributed by atoms with Crippen molar-refractivity contribution in [3.05, 3.63) is 57.6 Å². The zero-order valence-corrected chi connectivity index (χ0v) is 16.1. The molecule has 7 heteroatoms. The molecule has 0 radical (unpaired) electrons. The van der Waals surface area contributed by atoms with E-state index in [1.54, 1.807) is 24.3 Å². The topological polar surface area (TPSA) is 67.4 Å². The number of amides is 2. The summed E-state index contributed by atoms with van der Waals surface area (Å²) in [6.07, 6.45) is 0.652. The van der Waals surface area contributed by atoms with Gasteiger partial charge in [0.2, 0.25) is 11.8 Å². The van der Waals surface area contributed by atoms with Crippen molar-refractivity contribution in [2.75, 3.05) is 19.0 Å². The standard InChI is InChI=1S/C19H20Cl2N2O3/c1-12-6-8-16(26-2)15(10-12)23-18(25)11-22-17(24)9-7-13-4-3-5-14(20)19(13)21/h3-6,8,10H,7,9,11H2,1-2H3,(H,22,24)(H,23,25). The first-order valence-corrected chi connectivity index (χ1v) is 8.80. The average Bonchev–Trinajstić information content (AvgIpc) is 2.61. The molecule has 2 aromatic rings. The third-order valence-corrected chi connectivity index (χ3v) is 4.59. The molecule has 0 saturated heterocycles. The second-order valence-electron chi connectivity index (χ2n) is 5.74. The number of halogens is 2. The van der Waals surface area contributed by atoms with Crippen LogP contribution < -0.4 is 15.4 Å². The van der Waals surface area contributed by atoms with Crippen LogP contribution in [0.15, 0.2) is 36.4 Å². The Morgan fingerprint density at radius 1 is 1.12 bits per heavy atom. The normalized spacial score (nSPS) is 10.3. The van der Waals surface area contributed by atoms with Crippen molar-refractivity contribution < 1.29 is 14.3 Å². The molecule has 2 amide bonds. The molecule has 0 fully saturated rings. The molecular weight excluding hydrogens is 375 g/mol. The first kappa shape index (κ1) is 20.1. The maximum absolute atomic E-state index is 12.0. The fourth-order valence-electron chi connectivity index (χ4n) is 2.37. The van der Waals surface area contributed by atoms with Crippen LogP contribution >= 0.6 is 23.2 Å². The van der Waals surface area contributed by atoms with E-state index in [9.17, 15) is 9.59 Å². The minimum Gasteiger partial charge on any atom is -0.495 e. The molecule has 0 aliphatic rings. The molecule has 2 N–H and O–H groups in total. The quantitative estimate of drug-likeness (QED) is 0.745. The summed E-state index contributed by atoms with van der Waals surface area (Å²) in [6.45, 7) is 1.79. The maximum Gasteiger partial charge on any atom is 0.243 e. The Morgan fingerprint density at radius 2 is 1.88 bits per heavy atom. The van der Waals surface area contributed by atoms with Crippen LogP contribution in [0.3, 0.4) is 0 Å². The van der Waals surface area contributed by atoms with Crippen LogP contribution in [0.2, 0.25) is 10.0 Å². The van der Waals surface area contributed by atoms with E-state index in [1.165, 1.54) is 7.11 Å². The van der Waals surface area contributed by atoms with E-state index >= 15 is 0 Å². The minimum absolute atomic E-state index is 0.126. The number of rotatable bonds is 7. The number of methoxy groups -OCH3 is 1. The number of carbonyl (C=O) groups excluding carboxylic acids is 2. The predicted molar refractivity (Wildman–Crippen MR) is 104 cm³/mol. The molecule has 138 valence electrons. The van der Waals surface area contributed by atoms with Crippen LogP contribution in [0.4, 0.5) is 5.69 Å². The van der Waals surface area contributed by atoms with Gasteiger partial charge in [0, 0.05) is 6.42 Å². The lowest BCUT2D eigenvalue weighted by Crippen LogP contribution is -2.33. The van der Waals surface area contributed by atoms with Gasteiger partial charge in [-0.25, -0.2) is 0 Å². The van der Waals surface area contributed by atoms with Gasteiger partial charge in [0.25, 0.3) is 0 Å². The molecule has 0 aliphatic heterocycles. The molecule has 0 spiro atoms. The molecular formula is C19H20Cl2N2O3. The van der Waals surface area contributed by atoms with Gasteiger partial charge in [-0.1, -0.05) is 41.4 Å². The van der Waals surface area contributed by atoms with Gasteiger partial charge in [-0.2, -0.15) is 0 Å². The van der Waals surface area contributed by atoms with Crippen molar-refractivity contribution >= 4 is 40.7 Å². The monoisotopic (exact) mass is 394 g/mol. The van der Waals surface area contributed by atoms with E-state index in [0.717, 1.165) is 11.1 Å². The second kappa shape index (κ2) is 9.46. The van der Waals surface area contributed by atoms with Crippen LogP contribution in [-0.4, -0.2) is 25.5 Å². The van der Waals surface area contributed by atoms with Crippen LogP contribution in [-0.2, 0) is 16.0 Å². The lowest BCUT2D eigenvalue weighted by molar-refractivity contribution is -0.124. The van der Waals surface area contributed by atoms with Crippen molar-refractivity contribution in [1.82, 2.24) is 5.32 Å². The summed E-state index contributed by atoms with van der Waals surface area (Å²) in [5.41, 5.74) is 2.35. The smallest absolute Gasteiger partial charge is 0.243 e. The van der Waals surface area contributed by atoms with Crippen molar-refractivity contribution in [1.29, 1.82) is 0 Å². The van der Waals surface area contributed by atoms with Gasteiger partial charge in [-0.3, -0.25) is 9.59 Å². The van der Waals surface area contributed by atoms with Gasteiger partial charge in [0.1, 0.15) is 5.75 Å². The molecule has 26 heavy (non-hydrogen) atoms. The number of hydrogen-bond acceptors (Lipinski definition) is 3. The minimum atomic E-state index is -0.331. The summed E-state index contributed by atoms with van der Waals surface area (Å²) in [6, 6.07) is 10.8. The van der Waals surface area contributed by atoms with Gasteiger partial charge < -0.3 is 15.4 Å². The average molecular weight is 395 g/mol. The number of benzene rings is 2. The van der Waals surface area contributed by atoms with Crippen molar-refractivity contribution in [2.45, 2.75) is 19.8 Å². The number of hydrogen-bond donors (Lipinski definition) is 2. The van der Waals surface area contributed by atoms with E-state index in [-0.39, 0.29) is 24.8 Å². The fraction of sp³-hybridized carbons (Fsp3) is 0.263. The zero-order valence-electron chi connectivity index (χ0n) is 14.6. The van der Waals surface area contributed by atoms with Crippen LogP contribution in [0, 0.1) is 6.92 Å². The Labute approximate surface area is 162 Å². The molecule has 0 unspecified atom stereocenters. The van der Waals surface area contributed by atoms with Gasteiger partial charge in [-0.05, 0) is 42.7 Å². The number of aryl methyl sites for hydroxylation is 2. The molecule has 0 aromatic heterocycles. The third kappa shape index (κ3) is 5.64. The van der Waals surface area contributed by atoms with E-state index in [1.807, 2.05) is 19.1 Å². The van der Waals surface area contributed by atoms with Gasteiger partial charge >= 0.3 is 0 Å². The number of ether oxygens (including phenoxy) is 1. The summed E-state index contributed by atoms with van der Waals surface area (Å²) in [4.78, 5) is 24.0. The van der Waals surface area contributed by atoms with E-state index in [4.69, 9.17) is 27.9 Å². The lowest BCUT2D eigenvalue weighted by atomic mass is 10.1. The molecule has 0 saturated carbocycles. The second-order valence-corrected chi connectivity index (χ2v) is 6.53. The first-order valence-electron chi connectivity index (χ1n) is 8.04. The summed E-state index contributed by atoms with van der Waals surface area (Å²) < 4.78 is 5.21. The van der Waals surface area contributed by atoms with E-state index in [2.05, 4.69) is 10.6 Å². The van der Waals surface area contributed by atoms with Crippen LogP contribution in [0.1, 0.15) is 17.5 Å². The van der Waals surface area contributed by atoms with E-state index in [0.29, 0.717) is 27.9 Å². The van der Waals surface area contributed by atoms with Gasteiger partial charge in [0.05, 0.1) is 29.4 Å². The zero-order chi connectivity index (χ0) is 19.1. The lowest BCUT2D eigenvalue weighted by Gasteiger charge is -2.11. The van der Waals surface area contributed by atoms with Crippen LogP contribution in [0.25, 0.3) is 0 Å². The Hall–Kier alpha value is -2.24. The number of nitrogens with one attached hydrogen (secondary N) is 2. The van der Waals surface area contributed by atoms with Gasteiger partial charge in [-0.15, -0.1) is 0 Å². The highest BCUT2D eigenvalue weighted by Crippen LogP contribution is 2.26. The molecule has 0 atom stereocenters. The summed E-state index contributed by atoms with van der Waals surface area (Å²) in [5.74, 6) is -0.0127. The molecule has 2 rings (SSSR count). The Morgan fingerprint density at radius 3 is 2.62 bits per heavy atom. The first-order chi connectivity index (χ1) is 12.4. The highest BCUT2D eigenvalue weighted by atomic mass is 35.5. The van der Waals surface area contributed by atoms with Gasteiger partial charge in [0.15, 0.2) is 0 Å². The molecule has 0 heterocycles. The van der Waals surface area contributed by atoms with Crippen LogP contribution in [0.5, 0.6) is 5.75 Å². The molecule has 0 bridgehead atoms. The SMILES string of the molecule is COc1ccc(C)cc1NC(=O)CNC(=O)CCc1cccc(Cl)c1Cl. The van der Waals surface area contributed by atoms with E-state index < -0.39 is 0 Å². The largest absolute Gasteiger partial charge is 0.495 e. The van der Waals surface area contributed by atoms with Crippen molar-refractivity contribution in [2.24, 2.45) is 0 Å². The Balaban J connectivity index is 1.83. The molecule has 2 aromatic carbocycles. The predicted octanol–water partition coefficient (Wildman–Crippen LogP) is 4.00. The summed E-state index contributed by atoms with van der Waals surface area (Å²) >= 11 is 12.0. The van der Waals surface area contributed by atoms with Crippen molar-refractivity contribution in [3.8, 4) is 5.75 Å². The maximum atomic E-state index is 12.0. The highest BCUT2D eigenvalue weighted by Gasteiger charge is 2.11. The Kier molecular flexibility index (Phi) is 7.30. The fourth-order valence-corrected chi connectivity index (χ4v) is 2.79. The summed E-state index contributed by atoms with van der Waals surface area (Å²) in [5, 5.41) is 6.23. The Bertz CT molecular complexity index is 809. The number of carbonyl (C=O) groups is 2. The highest BCUT2D eigenvalue weighted by molar-refractivity contribution is 6.42. The van der Waals surface area contributed by atoms with Crippen molar-refractivity contribution in [3.63, 3.8) is 0 Å². The molecule has 5 nitrogen and oxygen atoms in total. The summed E-state index contributed by atoms with van der Waals surface area (Å²) in [7, 11) is 1.53. The number of anilines is 1. The third-order valence-electron chi connectivity index (χ3n) is 3.73. The molecule has 0 aliphatic carbocycles.